The molecule has 3 amide bonds. The van der Waals surface area contributed by atoms with Crippen LogP contribution < -0.4 is 5.32 Å². The average molecular weight is 475 g/mol. The molecular weight excluding hydrogens is 444 g/mol. The van der Waals surface area contributed by atoms with Gasteiger partial charge in [0.2, 0.25) is 21.8 Å². The second-order valence-electron chi connectivity index (χ2n) is 8.85. The maximum absolute atomic E-state index is 12.9. The van der Waals surface area contributed by atoms with Crippen LogP contribution in [0.5, 0.6) is 0 Å². The van der Waals surface area contributed by atoms with Gasteiger partial charge in [-0.05, 0) is 56.0 Å². The second kappa shape index (κ2) is 9.64. The van der Waals surface area contributed by atoms with E-state index in [4.69, 9.17) is 0 Å². The Kier molecular flexibility index (Phi) is 6.85. The van der Waals surface area contributed by atoms with Gasteiger partial charge in [0, 0.05) is 50.7 Å². The summed E-state index contributed by atoms with van der Waals surface area (Å²) in [5, 5.41) is 2.67. The Morgan fingerprint density at radius 1 is 0.939 bits per heavy atom. The summed E-state index contributed by atoms with van der Waals surface area (Å²) >= 11 is 0. The monoisotopic (exact) mass is 474 g/mol. The number of piperidine rings is 1. The lowest BCUT2D eigenvalue weighted by atomic mass is 9.95. The molecule has 4 rings (SSSR count). The summed E-state index contributed by atoms with van der Waals surface area (Å²) in [6.07, 6.45) is 4.61. The van der Waals surface area contributed by atoms with Crippen LogP contribution in [0.1, 0.15) is 36.0 Å². The lowest BCUT2D eigenvalue weighted by molar-refractivity contribution is -0.135. The highest BCUT2D eigenvalue weighted by atomic mass is 32.2. The molecule has 33 heavy (non-hydrogen) atoms. The minimum Gasteiger partial charge on any atom is -0.347 e. The van der Waals surface area contributed by atoms with Crippen molar-refractivity contribution in [1.29, 1.82) is 0 Å². The summed E-state index contributed by atoms with van der Waals surface area (Å²) in [4.78, 5) is 40.6. The standard InChI is InChI=1S/C23H30N4O5S/c1-2-21(28)24-19-15-27(16-19)33(31,32)20-7-5-17(6-8-20)22(29)26-13-9-18(10-14-26)23(30)25-11-3-4-12-25/h2,5-8,18-19H,1,3-4,9-16H2,(H,24,28). The van der Waals surface area contributed by atoms with Gasteiger partial charge in [0.05, 0.1) is 10.9 Å². The van der Waals surface area contributed by atoms with Crippen molar-refractivity contribution >= 4 is 27.7 Å². The molecule has 3 aliphatic rings. The molecule has 0 spiro atoms. The largest absolute Gasteiger partial charge is 0.347 e. The number of carbonyl (C=O) groups excluding carboxylic acids is 3. The molecule has 178 valence electrons. The molecule has 3 heterocycles. The fourth-order valence-corrected chi connectivity index (χ4v) is 6.14. The number of likely N-dealkylation sites (tertiary alicyclic amines) is 2. The summed E-state index contributed by atoms with van der Waals surface area (Å²) in [7, 11) is -3.68. The zero-order valence-electron chi connectivity index (χ0n) is 18.6. The Labute approximate surface area is 194 Å². The molecular formula is C23H30N4O5S. The van der Waals surface area contributed by atoms with Crippen molar-refractivity contribution in [2.75, 3.05) is 39.3 Å². The second-order valence-corrected chi connectivity index (χ2v) is 10.8. The molecule has 3 fully saturated rings. The Bertz CT molecular complexity index is 1020. The average Bonchev–Trinajstić information content (AvgIpc) is 3.35. The Morgan fingerprint density at radius 3 is 2.12 bits per heavy atom. The highest BCUT2D eigenvalue weighted by Gasteiger charge is 2.37. The van der Waals surface area contributed by atoms with Gasteiger partial charge in [0.25, 0.3) is 5.91 Å². The first kappa shape index (κ1) is 23.4. The Balaban J connectivity index is 1.31. The maximum atomic E-state index is 12.9. The minimum atomic E-state index is -3.68. The summed E-state index contributed by atoms with van der Waals surface area (Å²) in [5.41, 5.74) is 0.429. The van der Waals surface area contributed by atoms with Crippen molar-refractivity contribution in [2.45, 2.75) is 36.6 Å². The Hall–Kier alpha value is -2.72. The highest BCUT2D eigenvalue weighted by molar-refractivity contribution is 7.89. The molecule has 9 nitrogen and oxygen atoms in total. The van der Waals surface area contributed by atoms with Crippen LogP contribution in [0.4, 0.5) is 0 Å². The summed E-state index contributed by atoms with van der Waals surface area (Å²) in [5.74, 6) is -0.283. The van der Waals surface area contributed by atoms with Gasteiger partial charge in [-0.25, -0.2) is 8.42 Å². The molecule has 0 aromatic heterocycles. The number of hydrogen-bond acceptors (Lipinski definition) is 5. The molecule has 0 atom stereocenters. The van der Waals surface area contributed by atoms with Gasteiger partial charge in [-0.1, -0.05) is 6.58 Å². The van der Waals surface area contributed by atoms with Crippen LogP contribution in [0.3, 0.4) is 0 Å². The number of carbonyl (C=O) groups is 3. The molecule has 3 aliphatic heterocycles. The molecule has 1 aromatic rings. The number of amides is 3. The van der Waals surface area contributed by atoms with E-state index in [-0.39, 0.29) is 47.7 Å². The van der Waals surface area contributed by atoms with Crippen LogP contribution in [0.25, 0.3) is 0 Å². The van der Waals surface area contributed by atoms with E-state index < -0.39 is 10.0 Å². The zero-order valence-corrected chi connectivity index (χ0v) is 19.4. The van der Waals surface area contributed by atoms with Gasteiger partial charge >= 0.3 is 0 Å². The Morgan fingerprint density at radius 2 is 1.55 bits per heavy atom. The number of nitrogens with zero attached hydrogens (tertiary/aromatic N) is 3. The smallest absolute Gasteiger partial charge is 0.253 e. The van der Waals surface area contributed by atoms with E-state index in [0.29, 0.717) is 31.5 Å². The first-order valence-corrected chi connectivity index (χ1v) is 12.8. The van der Waals surface area contributed by atoms with E-state index in [1.54, 1.807) is 4.90 Å². The van der Waals surface area contributed by atoms with Gasteiger partial charge in [0.1, 0.15) is 0 Å². The fourth-order valence-electron chi connectivity index (χ4n) is 4.61. The van der Waals surface area contributed by atoms with Crippen LogP contribution in [0, 0.1) is 5.92 Å². The van der Waals surface area contributed by atoms with Gasteiger partial charge in [-0.3, -0.25) is 14.4 Å². The SMILES string of the molecule is C=CC(=O)NC1CN(S(=O)(=O)c2ccc(C(=O)N3CCC(C(=O)N4CCCC4)CC3)cc2)C1. The normalized spacial score (nSPS) is 20.4. The van der Waals surface area contributed by atoms with Crippen LogP contribution in [-0.2, 0) is 19.6 Å². The van der Waals surface area contributed by atoms with Crippen molar-refractivity contribution in [1.82, 2.24) is 19.4 Å². The summed E-state index contributed by atoms with van der Waals surface area (Å²) < 4.78 is 26.8. The number of nitrogens with one attached hydrogen (secondary N) is 1. The molecule has 1 aromatic carbocycles. The van der Waals surface area contributed by atoms with Crippen molar-refractivity contribution in [2.24, 2.45) is 5.92 Å². The number of rotatable bonds is 6. The number of hydrogen-bond donors (Lipinski definition) is 1. The van der Waals surface area contributed by atoms with Crippen molar-refractivity contribution < 1.29 is 22.8 Å². The molecule has 1 N–H and O–H groups in total. The van der Waals surface area contributed by atoms with Gasteiger partial charge in [-0.15, -0.1) is 0 Å². The first-order valence-electron chi connectivity index (χ1n) is 11.4. The lowest BCUT2D eigenvalue weighted by Crippen LogP contribution is -2.60. The van der Waals surface area contributed by atoms with E-state index in [2.05, 4.69) is 11.9 Å². The third-order valence-corrected chi connectivity index (χ3v) is 8.51. The molecule has 0 aliphatic carbocycles. The van der Waals surface area contributed by atoms with Crippen molar-refractivity contribution in [3.63, 3.8) is 0 Å². The molecule has 0 radical (unpaired) electrons. The first-order chi connectivity index (χ1) is 15.8. The van der Waals surface area contributed by atoms with E-state index in [1.807, 2.05) is 4.90 Å². The quantitative estimate of drug-likeness (QED) is 0.615. The van der Waals surface area contributed by atoms with Crippen LogP contribution in [0.15, 0.2) is 41.8 Å². The summed E-state index contributed by atoms with van der Waals surface area (Å²) in [6.45, 7) is 6.51. The highest BCUT2D eigenvalue weighted by Crippen LogP contribution is 2.25. The van der Waals surface area contributed by atoms with Crippen molar-refractivity contribution in [3.8, 4) is 0 Å². The zero-order chi connectivity index (χ0) is 23.6. The summed E-state index contributed by atoms with van der Waals surface area (Å²) in [6, 6.07) is 5.73. The van der Waals surface area contributed by atoms with Crippen LogP contribution in [0.2, 0.25) is 0 Å². The van der Waals surface area contributed by atoms with E-state index in [0.717, 1.165) is 32.0 Å². The predicted octanol–water partition coefficient (Wildman–Crippen LogP) is 0.836. The third kappa shape index (κ3) is 4.96. The third-order valence-electron chi connectivity index (χ3n) is 6.67. The predicted molar refractivity (Wildman–Crippen MR) is 122 cm³/mol. The van der Waals surface area contributed by atoms with Gasteiger partial charge in [-0.2, -0.15) is 4.31 Å². The number of sulfonamides is 1. The molecule has 0 saturated carbocycles. The maximum Gasteiger partial charge on any atom is 0.253 e. The molecule has 3 saturated heterocycles. The fraction of sp³-hybridized carbons (Fsp3) is 0.522. The van der Waals surface area contributed by atoms with Crippen LogP contribution >= 0.6 is 0 Å². The van der Waals surface area contributed by atoms with Gasteiger partial charge in [0.15, 0.2) is 0 Å². The lowest BCUT2D eigenvalue weighted by Gasteiger charge is -2.38. The molecule has 0 bridgehead atoms. The minimum absolute atomic E-state index is 0.0173. The number of benzene rings is 1. The van der Waals surface area contributed by atoms with Gasteiger partial charge < -0.3 is 15.1 Å². The van der Waals surface area contributed by atoms with Crippen molar-refractivity contribution in [3.05, 3.63) is 42.5 Å². The van der Waals surface area contributed by atoms with E-state index >= 15 is 0 Å². The molecule has 10 heteroatoms. The van der Waals surface area contributed by atoms with E-state index in [1.165, 1.54) is 28.6 Å². The molecule has 0 unspecified atom stereocenters. The van der Waals surface area contributed by atoms with Crippen LogP contribution in [-0.4, -0.2) is 85.6 Å². The topological polar surface area (TPSA) is 107 Å². The van der Waals surface area contributed by atoms with E-state index in [9.17, 15) is 22.8 Å².